The van der Waals surface area contributed by atoms with Crippen LogP contribution in [0, 0.1) is 0 Å². The highest BCUT2D eigenvalue weighted by Gasteiger charge is 2.19. The van der Waals surface area contributed by atoms with Crippen molar-refractivity contribution in [3.05, 3.63) is 34.9 Å². The van der Waals surface area contributed by atoms with Gasteiger partial charge in [-0.3, -0.25) is 4.79 Å². The number of hydrogen-bond acceptors (Lipinski definition) is 2. The van der Waals surface area contributed by atoms with Gasteiger partial charge in [-0.1, -0.05) is 23.7 Å². The molecule has 1 amide bonds. The molecule has 0 spiro atoms. The van der Waals surface area contributed by atoms with E-state index >= 15 is 0 Å². The number of benzene rings is 1. The number of nitrogens with one attached hydrogen (secondary N) is 1. The Bertz CT molecular complexity index is 352. The third-order valence-electron chi connectivity index (χ3n) is 2.36. The van der Waals surface area contributed by atoms with E-state index in [1.807, 2.05) is 36.0 Å². The van der Waals surface area contributed by atoms with Gasteiger partial charge in [-0.2, -0.15) is 11.8 Å². The third kappa shape index (κ3) is 2.89. The summed E-state index contributed by atoms with van der Waals surface area (Å²) >= 11 is 7.65. The lowest BCUT2D eigenvalue weighted by Crippen LogP contribution is -2.23. The summed E-state index contributed by atoms with van der Waals surface area (Å²) in [4.78, 5) is 11.4. The van der Waals surface area contributed by atoms with Crippen LogP contribution in [0.3, 0.4) is 0 Å². The van der Waals surface area contributed by atoms with E-state index in [2.05, 4.69) is 5.32 Å². The maximum absolute atomic E-state index is 11.4. The number of amides is 1. The van der Waals surface area contributed by atoms with E-state index in [0.717, 1.165) is 17.3 Å². The Morgan fingerprint density at radius 1 is 1.33 bits per heavy atom. The Hall–Kier alpha value is -0.670. The van der Waals surface area contributed by atoms with Crippen molar-refractivity contribution in [2.24, 2.45) is 0 Å². The zero-order valence-corrected chi connectivity index (χ0v) is 9.77. The van der Waals surface area contributed by atoms with Gasteiger partial charge in [0.1, 0.15) is 0 Å². The molecule has 0 aliphatic carbocycles. The molecule has 0 bridgehead atoms. The van der Waals surface area contributed by atoms with Crippen LogP contribution in [0.25, 0.3) is 0 Å². The number of rotatable bonds is 1. The number of carbonyl (C=O) groups excluding carboxylic acids is 1. The van der Waals surface area contributed by atoms with Crippen LogP contribution in [0.15, 0.2) is 24.3 Å². The molecule has 0 aromatic heterocycles. The zero-order chi connectivity index (χ0) is 10.7. The fourth-order valence-corrected chi connectivity index (χ4v) is 2.83. The Kier molecular flexibility index (Phi) is 3.54. The maximum atomic E-state index is 11.4. The topological polar surface area (TPSA) is 29.1 Å². The summed E-state index contributed by atoms with van der Waals surface area (Å²) in [5, 5.41) is 3.88. The van der Waals surface area contributed by atoms with E-state index < -0.39 is 0 Å². The highest BCUT2D eigenvalue weighted by atomic mass is 35.5. The number of thioether (sulfide) groups is 1. The first-order valence-electron chi connectivity index (χ1n) is 4.89. The van der Waals surface area contributed by atoms with Crippen molar-refractivity contribution in [1.82, 2.24) is 5.32 Å². The molecule has 1 aliphatic heterocycles. The second kappa shape index (κ2) is 4.90. The van der Waals surface area contributed by atoms with Gasteiger partial charge in [0, 0.05) is 29.0 Å². The summed E-state index contributed by atoms with van der Waals surface area (Å²) in [5.41, 5.74) is 1.18. The second-order valence-electron chi connectivity index (χ2n) is 3.47. The third-order valence-corrected chi connectivity index (χ3v) is 3.89. The van der Waals surface area contributed by atoms with Crippen LogP contribution in [0.2, 0.25) is 5.02 Å². The molecule has 80 valence electrons. The molecular formula is C11H12ClNOS. The van der Waals surface area contributed by atoms with Crippen LogP contribution in [-0.2, 0) is 4.79 Å². The number of halogens is 1. The molecule has 2 nitrogen and oxygen atoms in total. The van der Waals surface area contributed by atoms with Crippen molar-refractivity contribution in [1.29, 1.82) is 0 Å². The SMILES string of the molecule is O=C1C[C@H](c2ccc(Cl)cc2)SCCN1. The van der Waals surface area contributed by atoms with E-state index in [-0.39, 0.29) is 11.2 Å². The summed E-state index contributed by atoms with van der Waals surface area (Å²) in [6, 6.07) is 7.75. The minimum absolute atomic E-state index is 0.139. The van der Waals surface area contributed by atoms with Gasteiger partial charge >= 0.3 is 0 Å². The lowest BCUT2D eigenvalue weighted by Gasteiger charge is -2.12. The van der Waals surface area contributed by atoms with Crippen LogP contribution in [-0.4, -0.2) is 18.2 Å². The first kappa shape index (κ1) is 10.8. The van der Waals surface area contributed by atoms with E-state index in [1.165, 1.54) is 5.56 Å². The van der Waals surface area contributed by atoms with Gasteiger partial charge < -0.3 is 5.32 Å². The lowest BCUT2D eigenvalue weighted by molar-refractivity contribution is -0.120. The molecular weight excluding hydrogens is 230 g/mol. The molecule has 1 aliphatic rings. The monoisotopic (exact) mass is 241 g/mol. The molecule has 1 saturated heterocycles. The number of hydrogen-bond donors (Lipinski definition) is 1. The molecule has 1 N–H and O–H groups in total. The van der Waals surface area contributed by atoms with Crippen molar-refractivity contribution in [2.45, 2.75) is 11.7 Å². The predicted octanol–water partition coefficient (Wildman–Crippen LogP) is 2.63. The van der Waals surface area contributed by atoms with Gasteiger partial charge in [-0.05, 0) is 17.7 Å². The Balaban J connectivity index is 2.14. The van der Waals surface area contributed by atoms with Crippen molar-refractivity contribution in [3.63, 3.8) is 0 Å². The van der Waals surface area contributed by atoms with Crippen molar-refractivity contribution in [3.8, 4) is 0 Å². The average Bonchev–Trinajstić information content (AvgIpc) is 2.44. The zero-order valence-electron chi connectivity index (χ0n) is 8.20. The molecule has 2 rings (SSSR count). The van der Waals surface area contributed by atoms with Crippen molar-refractivity contribution >= 4 is 29.3 Å². The first-order valence-corrected chi connectivity index (χ1v) is 6.32. The first-order chi connectivity index (χ1) is 7.25. The number of carbonyl (C=O) groups is 1. The fourth-order valence-electron chi connectivity index (χ4n) is 1.58. The maximum Gasteiger partial charge on any atom is 0.221 e. The van der Waals surface area contributed by atoms with Crippen LogP contribution in [0.5, 0.6) is 0 Å². The lowest BCUT2D eigenvalue weighted by atomic mass is 10.1. The summed E-state index contributed by atoms with van der Waals surface area (Å²) in [6.07, 6.45) is 0.562. The standard InChI is InChI=1S/C11H12ClNOS/c12-9-3-1-8(2-4-9)10-7-11(14)13-5-6-15-10/h1-4,10H,5-7H2,(H,13,14)/t10-/m1/s1. The molecule has 1 heterocycles. The van der Waals surface area contributed by atoms with Gasteiger partial charge in [0.25, 0.3) is 0 Å². The van der Waals surface area contributed by atoms with Crippen molar-refractivity contribution in [2.75, 3.05) is 12.3 Å². The van der Waals surface area contributed by atoms with Crippen LogP contribution in [0.4, 0.5) is 0 Å². The summed E-state index contributed by atoms with van der Waals surface area (Å²) < 4.78 is 0. The van der Waals surface area contributed by atoms with E-state index in [1.54, 1.807) is 0 Å². The van der Waals surface area contributed by atoms with Gasteiger partial charge in [-0.15, -0.1) is 0 Å². The molecule has 1 aromatic rings. The molecule has 1 atom stereocenters. The van der Waals surface area contributed by atoms with Crippen LogP contribution >= 0.6 is 23.4 Å². The van der Waals surface area contributed by atoms with E-state index in [0.29, 0.717) is 6.42 Å². The molecule has 1 fully saturated rings. The van der Waals surface area contributed by atoms with Gasteiger partial charge in [0.2, 0.25) is 5.91 Å². The summed E-state index contributed by atoms with van der Waals surface area (Å²) in [5.74, 6) is 1.11. The molecule has 0 saturated carbocycles. The van der Waals surface area contributed by atoms with Crippen molar-refractivity contribution < 1.29 is 4.79 Å². The Morgan fingerprint density at radius 2 is 2.07 bits per heavy atom. The molecule has 1 aromatic carbocycles. The quantitative estimate of drug-likeness (QED) is 0.819. The van der Waals surface area contributed by atoms with E-state index in [9.17, 15) is 4.79 Å². The van der Waals surface area contributed by atoms with E-state index in [4.69, 9.17) is 11.6 Å². The summed E-state index contributed by atoms with van der Waals surface area (Å²) in [7, 11) is 0. The van der Waals surface area contributed by atoms with Gasteiger partial charge in [0.05, 0.1) is 0 Å². The van der Waals surface area contributed by atoms with Crippen LogP contribution < -0.4 is 5.32 Å². The molecule has 0 unspecified atom stereocenters. The smallest absolute Gasteiger partial charge is 0.221 e. The van der Waals surface area contributed by atoms with Gasteiger partial charge in [-0.25, -0.2) is 0 Å². The minimum atomic E-state index is 0.139. The largest absolute Gasteiger partial charge is 0.355 e. The Labute approximate surface area is 98.4 Å². The highest BCUT2D eigenvalue weighted by Crippen LogP contribution is 2.33. The summed E-state index contributed by atoms with van der Waals surface area (Å²) in [6.45, 7) is 0.771. The van der Waals surface area contributed by atoms with Gasteiger partial charge in [0.15, 0.2) is 0 Å². The fraction of sp³-hybridized carbons (Fsp3) is 0.364. The molecule has 0 radical (unpaired) electrons. The predicted molar refractivity (Wildman–Crippen MR) is 64.3 cm³/mol. The highest BCUT2D eigenvalue weighted by molar-refractivity contribution is 7.99. The molecule has 4 heteroatoms. The average molecular weight is 242 g/mol. The molecule has 15 heavy (non-hydrogen) atoms. The minimum Gasteiger partial charge on any atom is -0.355 e. The normalized spacial score (nSPS) is 21.9. The Morgan fingerprint density at radius 3 is 2.80 bits per heavy atom. The van der Waals surface area contributed by atoms with Crippen LogP contribution in [0.1, 0.15) is 17.2 Å². The second-order valence-corrected chi connectivity index (χ2v) is 5.21.